The molecule has 0 aliphatic rings. The number of carbonyl (C=O) groups excluding carboxylic acids is 2. The molecule has 1 atom stereocenters. The van der Waals surface area contributed by atoms with Crippen LogP contribution >= 0.6 is 11.8 Å². The van der Waals surface area contributed by atoms with Crippen molar-refractivity contribution in [1.29, 1.82) is 0 Å². The lowest BCUT2D eigenvalue weighted by atomic mass is 10.1. The van der Waals surface area contributed by atoms with E-state index in [4.69, 9.17) is 4.74 Å². The summed E-state index contributed by atoms with van der Waals surface area (Å²) in [5, 5.41) is 5.49. The molecular formula is C16H22N2O3S. The van der Waals surface area contributed by atoms with Gasteiger partial charge in [0.25, 0.3) is 5.91 Å². The van der Waals surface area contributed by atoms with E-state index in [1.807, 2.05) is 6.26 Å². The van der Waals surface area contributed by atoms with E-state index in [1.165, 1.54) is 0 Å². The third-order valence-electron chi connectivity index (χ3n) is 3.01. The number of hydrogen-bond donors (Lipinski definition) is 2. The van der Waals surface area contributed by atoms with Crippen LogP contribution in [0, 0.1) is 0 Å². The first kappa shape index (κ1) is 18.1. The molecule has 0 unspecified atom stereocenters. The lowest BCUT2D eigenvalue weighted by Crippen LogP contribution is -2.47. The quantitative estimate of drug-likeness (QED) is 0.681. The molecule has 0 spiro atoms. The summed E-state index contributed by atoms with van der Waals surface area (Å²) in [6, 6.07) is 6.21. The van der Waals surface area contributed by atoms with Crippen LogP contribution in [-0.2, 0) is 4.79 Å². The fourth-order valence-electron chi connectivity index (χ4n) is 1.78. The molecule has 0 aliphatic carbocycles. The Labute approximate surface area is 135 Å². The fraction of sp³-hybridized carbons (Fsp3) is 0.375. The van der Waals surface area contributed by atoms with Gasteiger partial charge in [0.15, 0.2) is 0 Å². The summed E-state index contributed by atoms with van der Waals surface area (Å²) in [4.78, 5) is 24.3. The van der Waals surface area contributed by atoms with Crippen molar-refractivity contribution in [1.82, 2.24) is 10.6 Å². The van der Waals surface area contributed by atoms with Crippen LogP contribution in [0.25, 0.3) is 0 Å². The van der Waals surface area contributed by atoms with E-state index in [0.717, 1.165) is 5.75 Å². The Morgan fingerprint density at radius 1 is 1.36 bits per heavy atom. The minimum absolute atomic E-state index is 0.198. The highest BCUT2D eigenvalue weighted by Gasteiger charge is 2.20. The molecule has 1 aromatic rings. The molecule has 22 heavy (non-hydrogen) atoms. The standard InChI is InChI=1S/C16H22N2O3S/c1-4-10-17-16(20)14(9-11-22-3)18-15(19)12-5-7-13(21-2)8-6-12/h4-8,14H,1,9-11H2,2-3H3,(H,17,20)(H,18,19)/t14-/m1/s1. The summed E-state index contributed by atoms with van der Waals surface area (Å²) in [6.07, 6.45) is 4.14. The van der Waals surface area contributed by atoms with Gasteiger partial charge in [0, 0.05) is 12.1 Å². The second kappa shape index (κ2) is 9.89. The minimum Gasteiger partial charge on any atom is -0.497 e. The van der Waals surface area contributed by atoms with Gasteiger partial charge >= 0.3 is 0 Å². The van der Waals surface area contributed by atoms with Crippen LogP contribution in [0.3, 0.4) is 0 Å². The molecule has 0 heterocycles. The SMILES string of the molecule is C=CCNC(=O)[C@@H](CCSC)NC(=O)c1ccc(OC)cc1. The molecule has 1 aromatic carbocycles. The number of nitrogens with one attached hydrogen (secondary N) is 2. The number of methoxy groups -OCH3 is 1. The molecule has 2 amide bonds. The van der Waals surface area contributed by atoms with Crippen molar-refractivity contribution in [2.24, 2.45) is 0 Å². The Hall–Kier alpha value is -1.95. The average Bonchev–Trinajstić information content (AvgIpc) is 2.56. The molecule has 6 heteroatoms. The number of benzene rings is 1. The van der Waals surface area contributed by atoms with Crippen molar-refractivity contribution in [2.45, 2.75) is 12.5 Å². The highest BCUT2D eigenvalue weighted by molar-refractivity contribution is 7.98. The second-order valence-corrected chi connectivity index (χ2v) is 5.56. The van der Waals surface area contributed by atoms with Gasteiger partial charge in [0.05, 0.1) is 7.11 Å². The Morgan fingerprint density at radius 3 is 2.59 bits per heavy atom. The maximum atomic E-state index is 12.2. The lowest BCUT2D eigenvalue weighted by Gasteiger charge is -2.17. The van der Waals surface area contributed by atoms with Crippen molar-refractivity contribution < 1.29 is 14.3 Å². The van der Waals surface area contributed by atoms with Crippen LogP contribution in [0.2, 0.25) is 0 Å². The number of thioether (sulfide) groups is 1. The summed E-state index contributed by atoms with van der Waals surface area (Å²) < 4.78 is 5.06. The largest absolute Gasteiger partial charge is 0.497 e. The molecule has 5 nitrogen and oxygen atoms in total. The summed E-state index contributed by atoms with van der Waals surface area (Å²) in [6.45, 7) is 3.94. The molecule has 0 saturated carbocycles. The van der Waals surface area contributed by atoms with Gasteiger partial charge in [-0.3, -0.25) is 9.59 Å². The van der Waals surface area contributed by atoms with E-state index in [-0.39, 0.29) is 11.8 Å². The predicted molar refractivity (Wildman–Crippen MR) is 90.5 cm³/mol. The van der Waals surface area contributed by atoms with E-state index in [0.29, 0.717) is 24.3 Å². The molecule has 120 valence electrons. The topological polar surface area (TPSA) is 67.4 Å². The van der Waals surface area contributed by atoms with Crippen molar-refractivity contribution in [3.05, 3.63) is 42.5 Å². The summed E-state index contributed by atoms with van der Waals surface area (Å²) >= 11 is 1.63. The maximum absolute atomic E-state index is 12.2. The van der Waals surface area contributed by atoms with Crippen molar-refractivity contribution in [3.8, 4) is 5.75 Å². The molecular weight excluding hydrogens is 300 g/mol. The van der Waals surface area contributed by atoms with Crippen LogP contribution in [0.15, 0.2) is 36.9 Å². The number of amides is 2. The van der Waals surface area contributed by atoms with E-state index in [1.54, 1.807) is 49.2 Å². The summed E-state index contributed by atoms with van der Waals surface area (Å²) in [5.41, 5.74) is 0.492. The molecule has 0 saturated heterocycles. The van der Waals surface area contributed by atoms with Crippen molar-refractivity contribution in [2.75, 3.05) is 25.7 Å². The number of ether oxygens (including phenoxy) is 1. The first-order valence-corrected chi connectivity index (χ1v) is 8.34. The Balaban J connectivity index is 2.71. The van der Waals surface area contributed by atoms with E-state index >= 15 is 0 Å². The summed E-state index contributed by atoms with van der Waals surface area (Å²) in [5.74, 6) is 0.993. The molecule has 2 N–H and O–H groups in total. The minimum atomic E-state index is -0.554. The first-order valence-electron chi connectivity index (χ1n) is 6.94. The molecule has 0 aromatic heterocycles. The molecule has 0 fully saturated rings. The highest BCUT2D eigenvalue weighted by Crippen LogP contribution is 2.11. The zero-order chi connectivity index (χ0) is 16.4. The Bertz CT molecular complexity index is 503. The number of rotatable bonds is 9. The van der Waals surface area contributed by atoms with Gasteiger partial charge in [0.1, 0.15) is 11.8 Å². The van der Waals surface area contributed by atoms with Gasteiger partial charge in [0.2, 0.25) is 5.91 Å². The van der Waals surface area contributed by atoms with Crippen LogP contribution in [0.1, 0.15) is 16.8 Å². The fourth-order valence-corrected chi connectivity index (χ4v) is 2.26. The van der Waals surface area contributed by atoms with E-state index in [9.17, 15) is 9.59 Å². The van der Waals surface area contributed by atoms with Crippen LogP contribution in [0.4, 0.5) is 0 Å². The van der Waals surface area contributed by atoms with Crippen LogP contribution in [-0.4, -0.2) is 43.5 Å². The van der Waals surface area contributed by atoms with Crippen LogP contribution in [0.5, 0.6) is 5.75 Å². The average molecular weight is 322 g/mol. The van der Waals surface area contributed by atoms with E-state index in [2.05, 4.69) is 17.2 Å². The maximum Gasteiger partial charge on any atom is 0.251 e. The zero-order valence-electron chi connectivity index (χ0n) is 12.9. The van der Waals surface area contributed by atoms with Gasteiger partial charge in [-0.05, 0) is 42.7 Å². The summed E-state index contributed by atoms with van der Waals surface area (Å²) in [7, 11) is 1.57. The monoisotopic (exact) mass is 322 g/mol. The molecule has 0 bridgehead atoms. The van der Waals surface area contributed by atoms with Gasteiger partial charge in [-0.25, -0.2) is 0 Å². The Kier molecular flexibility index (Phi) is 8.14. The van der Waals surface area contributed by atoms with Gasteiger partial charge in [-0.15, -0.1) is 6.58 Å². The van der Waals surface area contributed by atoms with Crippen molar-refractivity contribution >= 4 is 23.6 Å². The van der Waals surface area contributed by atoms with Gasteiger partial charge in [-0.1, -0.05) is 6.08 Å². The smallest absolute Gasteiger partial charge is 0.251 e. The van der Waals surface area contributed by atoms with Crippen molar-refractivity contribution in [3.63, 3.8) is 0 Å². The Morgan fingerprint density at radius 2 is 2.05 bits per heavy atom. The predicted octanol–water partition coefficient (Wildman–Crippen LogP) is 1.85. The molecule has 0 aliphatic heterocycles. The molecule has 1 rings (SSSR count). The lowest BCUT2D eigenvalue weighted by molar-refractivity contribution is -0.122. The van der Waals surface area contributed by atoms with Gasteiger partial charge in [-0.2, -0.15) is 11.8 Å². The number of carbonyl (C=O) groups is 2. The number of hydrogen-bond acceptors (Lipinski definition) is 4. The third-order valence-corrected chi connectivity index (χ3v) is 3.65. The normalized spacial score (nSPS) is 11.4. The first-order chi connectivity index (χ1) is 10.6. The van der Waals surface area contributed by atoms with Crippen LogP contribution < -0.4 is 15.4 Å². The van der Waals surface area contributed by atoms with Gasteiger partial charge < -0.3 is 15.4 Å². The highest BCUT2D eigenvalue weighted by atomic mass is 32.2. The van der Waals surface area contributed by atoms with E-state index < -0.39 is 6.04 Å². The third kappa shape index (κ3) is 5.81. The second-order valence-electron chi connectivity index (χ2n) is 4.57. The zero-order valence-corrected chi connectivity index (χ0v) is 13.7. The molecule has 0 radical (unpaired) electrons.